The van der Waals surface area contributed by atoms with Crippen molar-refractivity contribution in [2.75, 3.05) is 22.6 Å². The van der Waals surface area contributed by atoms with E-state index in [-0.39, 0.29) is 5.91 Å². The van der Waals surface area contributed by atoms with E-state index in [1.54, 1.807) is 12.1 Å². The van der Waals surface area contributed by atoms with Crippen molar-refractivity contribution in [2.45, 2.75) is 32.2 Å². The number of rotatable bonds is 4. The van der Waals surface area contributed by atoms with E-state index >= 15 is 0 Å². The van der Waals surface area contributed by atoms with Crippen molar-refractivity contribution in [3.63, 3.8) is 0 Å². The van der Waals surface area contributed by atoms with E-state index in [1.165, 1.54) is 12.7 Å². The zero-order valence-corrected chi connectivity index (χ0v) is 13.7. The highest BCUT2D eigenvalue weighted by Crippen LogP contribution is 2.30. The molecule has 4 N–H and O–H groups in total. The first kappa shape index (κ1) is 16.0. The number of amides is 1. The largest absolute Gasteiger partial charge is 0.393 e. The predicted molar refractivity (Wildman–Crippen MR) is 94.6 cm³/mol. The maximum absolute atomic E-state index is 12.1. The number of anilines is 3. The molecule has 3 rings (SSSR count). The van der Waals surface area contributed by atoms with Crippen molar-refractivity contribution >= 4 is 23.2 Å². The number of benzene rings is 1. The van der Waals surface area contributed by atoms with E-state index < -0.39 is 0 Å². The summed E-state index contributed by atoms with van der Waals surface area (Å²) in [5.41, 5.74) is 12.6. The van der Waals surface area contributed by atoms with Gasteiger partial charge in [-0.3, -0.25) is 15.6 Å². The molecule has 7 heteroatoms. The summed E-state index contributed by atoms with van der Waals surface area (Å²) in [6.45, 7) is 3.10. The molecular formula is C17H22N6O. The van der Waals surface area contributed by atoms with Gasteiger partial charge in [0.2, 0.25) is 0 Å². The number of hydrogen-bond donors (Lipinski definition) is 3. The minimum absolute atomic E-state index is 0.249. The first-order chi connectivity index (χ1) is 11.7. The fourth-order valence-electron chi connectivity index (χ4n) is 2.91. The van der Waals surface area contributed by atoms with Gasteiger partial charge in [-0.1, -0.05) is 18.2 Å². The quantitative estimate of drug-likeness (QED) is 0.745. The Morgan fingerprint density at radius 1 is 1.25 bits per heavy atom. The third kappa shape index (κ3) is 3.40. The lowest BCUT2D eigenvalue weighted by Crippen LogP contribution is -2.39. The highest BCUT2D eigenvalue weighted by Gasteiger charge is 2.23. The topological polar surface area (TPSA) is 96.2 Å². The Labute approximate surface area is 141 Å². The van der Waals surface area contributed by atoms with E-state index in [4.69, 9.17) is 5.73 Å². The molecule has 1 saturated heterocycles. The van der Waals surface area contributed by atoms with Crippen LogP contribution in [0.2, 0.25) is 0 Å². The Kier molecular flexibility index (Phi) is 4.79. The molecule has 7 nitrogen and oxygen atoms in total. The van der Waals surface area contributed by atoms with Crippen LogP contribution in [-0.2, 0) is 0 Å². The number of hydrogen-bond acceptors (Lipinski definition) is 6. The zero-order chi connectivity index (χ0) is 16.9. The smallest absolute Gasteiger partial charge is 0.269 e. The molecule has 126 valence electrons. The molecule has 1 aromatic heterocycles. The minimum atomic E-state index is -0.249. The van der Waals surface area contributed by atoms with Gasteiger partial charge in [0.15, 0.2) is 11.6 Å². The van der Waals surface area contributed by atoms with Gasteiger partial charge in [-0.2, -0.15) is 0 Å². The Bertz CT molecular complexity index is 705. The number of nitrogens with two attached hydrogens (primary N) is 1. The van der Waals surface area contributed by atoms with Crippen LogP contribution in [0.3, 0.4) is 0 Å². The van der Waals surface area contributed by atoms with Crippen LogP contribution in [0.5, 0.6) is 0 Å². The summed E-state index contributed by atoms with van der Waals surface area (Å²) in [5.74, 6) is 0.872. The van der Waals surface area contributed by atoms with Crippen LogP contribution in [-0.4, -0.2) is 28.5 Å². The third-order valence-corrected chi connectivity index (χ3v) is 4.27. The number of carbonyl (C=O) groups is 1. The van der Waals surface area contributed by atoms with Gasteiger partial charge in [-0.05, 0) is 38.3 Å². The minimum Gasteiger partial charge on any atom is -0.393 e. The second kappa shape index (κ2) is 7.16. The molecule has 0 spiro atoms. The lowest BCUT2D eigenvalue weighted by Gasteiger charge is -2.35. The van der Waals surface area contributed by atoms with Crippen molar-refractivity contribution in [3.05, 3.63) is 42.2 Å². The van der Waals surface area contributed by atoms with Gasteiger partial charge in [0.1, 0.15) is 12.0 Å². The second-order valence-electron chi connectivity index (χ2n) is 5.94. The van der Waals surface area contributed by atoms with Crippen molar-refractivity contribution in [1.82, 2.24) is 15.4 Å². The number of hydrazine groups is 1. The number of nitrogen functional groups attached to an aromatic ring is 1. The van der Waals surface area contributed by atoms with Gasteiger partial charge in [0.25, 0.3) is 5.91 Å². The standard InChI is InChI=1S/C17H22N6O/c1-12-7-5-6-10-23(12)16-14(18)15(19-11-20-16)21-22-17(24)13-8-3-2-4-9-13/h2-4,8-9,11-12H,5-7,10,18H2,1H3,(H,22,24)(H,19,20,21). The van der Waals surface area contributed by atoms with Crippen LogP contribution in [0.4, 0.5) is 17.3 Å². The summed E-state index contributed by atoms with van der Waals surface area (Å²) in [4.78, 5) is 22.8. The van der Waals surface area contributed by atoms with Crippen LogP contribution >= 0.6 is 0 Å². The summed E-state index contributed by atoms with van der Waals surface area (Å²) in [5, 5.41) is 0. The molecule has 1 amide bonds. The Morgan fingerprint density at radius 3 is 2.79 bits per heavy atom. The molecule has 0 saturated carbocycles. The summed E-state index contributed by atoms with van der Waals surface area (Å²) in [6.07, 6.45) is 4.93. The predicted octanol–water partition coefficient (Wildman–Crippen LogP) is 2.19. The fourth-order valence-corrected chi connectivity index (χ4v) is 2.91. The van der Waals surface area contributed by atoms with Crippen LogP contribution in [0.1, 0.15) is 36.5 Å². The number of nitrogens with zero attached hydrogens (tertiary/aromatic N) is 3. The molecular weight excluding hydrogens is 304 g/mol. The van der Waals surface area contributed by atoms with Crippen LogP contribution < -0.4 is 21.5 Å². The van der Waals surface area contributed by atoms with Crippen LogP contribution in [0.15, 0.2) is 36.7 Å². The van der Waals surface area contributed by atoms with Crippen molar-refractivity contribution in [3.8, 4) is 0 Å². The molecule has 0 radical (unpaired) electrons. The Hall–Kier alpha value is -2.83. The van der Waals surface area contributed by atoms with Crippen LogP contribution in [0, 0.1) is 0 Å². The maximum atomic E-state index is 12.1. The summed E-state index contributed by atoms with van der Waals surface area (Å²) < 4.78 is 0. The first-order valence-corrected chi connectivity index (χ1v) is 8.15. The SMILES string of the molecule is CC1CCCCN1c1ncnc(NNC(=O)c2ccccc2)c1N. The second-order valence-corrected chi connectivity index (χ2v) is 5.94. The Balaban J connectivity index is 1.72. The number of nitrogens with one attached hydrogen (secondary N) is 2. The molecule has 1 atom stereocenters. The Morgan fingerprint density at radius 2 is 2.04 bits per heavy atom. The normalized spacial score (nSPS) is 17.4. The summed E-state index contributed by atoms with van der Waals surface area (Å²) >= 11 is 0. The van der Waals surface area contributed by atoms with Crippen LogP contribution in [0.25, 0.3) is 0 Å². The zero-order valence-electron chi connectivity index (χ0n) is 13.7. The van der Waals surface area contributed by atoms with Gasteiger partial charge in [-0.25, -0.2) is 9.97 Å². The molecule has 0 aliphatic carbocycles. The molecule has 1 unspecified atom stereocenters. The molecule has 1 aromatic carbocycles. The molecule has 1 fully saturated rings. The number of aromatic nitrogens is 2. The molecule has 2 heterocycles. The number of carbonyl (C=O) groups excluding carboxylic acids is 1. The maximum Gasteiger partial charge on any atom is 0.269 e. The highest BCUT2D eigenvalue weighted by atomic mass is 16.2. The van der Waals surface area contributed by atoms with Crippen molar-refractivity contribution < 1.29 is 4.79 Å². The average molecular weight is 326 g/mol. The summed E-state index contributed by atoms with van der Waals surface area (Å²) in [7, 11) is 0. The molecule has 2 aromatic rings. The van der Waals surface area contributed by atoms with E-state index in [9.17, 15) is 4.79 Å². The third-order valence-electron chi connectivity index (χ3n) is 4.27. The molecule has 0 bridgehead atoms. The van der Waals surface area contributed by atoms with Gasteiger partial charge in [0, 0.05) is 18.2 Å². The molecule has 1 aliphatic heterocycles. The van der Waals surface area contributed by atoms with Crippen molar-refractivity contribution in [1.29, 1.82) is 0 Å². The average Bonchev–Trinajstić information content (AvgIpc) is 2.62. The van der Waals surface area contributed by atoms with Gasteiger partial charge in [-0.15, -0.1) is 0 Å². The van der Waals surface area contributed by atoms with E-state index in [0.717, 1.165) is 19.4 Å². The van der Waals surface area contributed by atoms with Crippen molar-refractivity contribution in [2.24, 2.45) is 0 Å². The highest BCUT2D eigenvalue weighted by molar-refractivity contribution is 5.95. The molecule has 24 heavy (non-hydrogen) atoms. The van der Waals surface area contributed by atoms with E-state index in [1.807, 2.05) is 18.2 Å². The monoisotopic (exact) mass is 326 g/mol. The van der Waals surface area contributed by atoms with Gasteiger partial charge in [0.05, 0.1) is 0 Å². The summed E-state index contributed by atoms with van der Waals surface area (Å²) in [6, 6.07) is 9.34. The first-order valence-electron chi connectivity index (χ1n) is 8.15. The number of piperidine rings is 1. The van der Waals surface area contributed by atoms with Gasteiger partial charge < -0.3 is 10.6 Å². The lowest BCUT2D eigenvalue weighted by atomic mass is 10.0. The fraction of sp³-hybridized carbons (Fsp3) is 0.353. The van der Waals surface area contributed by atoms with E-state index in [2.05, 4.69) is 32.6 Å². The molecule has 1 aliphatic rings. The van der Waals surface area contributed by atoms with E-state index in [0.29, 0.717) is 28.9 Å². The lowest BCUT2D eigenvalue weighted by molar-refractivity contribution is 0.0962. The van der Waals surface area contributed by atoms with Gasteiger partial charge >= 0.3 is 0 Å².